The van der Waals surface area contributed by atoms with Crippen molar-refractivity contribution in [3.8, 4) is 10.6 Å². The number of Topliss-reactive ketones (excluding diaryl/α,β-unsaturated/α-hetero) is 1. The van der Waals surface area contributed by atoms with Crippen LogP contribution < -0.4 is 0 Å². The molecule has 0 amide bonds. The SMILES string of the molecule is COC1CCN(CC(=O)Cc2cc3cc(-c4nnc(C)s4)ccc3nn2)CC1. The Hall–Kier alpha value is -2.29. The molecule has 4 rings (SSSR count). The van der Waals surface area contributed by atoms with Crippen LogP contribution in [0.3, 0.4) is 0 Å². The van der Waals surface area contributed by atoms with Gasteiger partial charge in [0, 0.05) is 31.1 Å². The highest BCUT2D eigenvalue weighted by molar-refractivity contribution is 7.14. The van der Waals surface area contributed by atoms with Gasteiger partial charge in [-0.2, -0.15) is 10.2 Å². The third kappa shape index (κ3) is 4.40. The van der Waals surface area contributed by atoms with Crippen molar-refractivity contribution < 1.29 is 9.53 Å². The quantitative estimate of drug-likeness (QED) is 0.632. The first-order valence-electron chi connectivity index (χ1n) is 9.44. The van der Waals surface area contributed by atoms with Crippen LogP contribution in [0.25, 0.3) is 21.5 Å². The van der Waals surface area contributed by atoms with Crippen molar-refractivity contribution in [3.05, 3.63) is 35.0 Å². The summed E-state index contributed by atoms with van der Waals surface area (Å²) in [4.78, 5) is 14.7. The van der Waals surface area contributed by atoms with E-state index in [1.807, 2.05) is 31.2 Å². The summed E-state index contributed by atoms with van der Waals surface area (Å²) in [6.45, 7) is 4.20. The van der Waals surface area contributed by atoms with Crippen LogP contribution in [0.5, 0.6) is 0 Å². The molecule has 0 spiro atoms. The number of hydrogen-bond donors (Lipinski definition) is 0. The maximum atomic E-state index is 12.5. The predicted molar refractivity (Wildman–Crippen MR) is 108 cm³/mol. The molecule has 0 bridgehead atoms. The van der Waals surface area contributed by atoms with Gasteiger partial charge in [0.2, 0.25) is 0 Å². The summed E-state index contributed by atoms with van der Waals surface area (Å²) in [5, 5.41) is 19.6. The van der Waals surface area contributed by atoms with E-state index < -0.39 is 0 Å². The van der Waals surface area contributed by atoms with Crippen molar-refractivity contribution in [1.29, 1.82) is 0 Å². The lowest BCUT2D eigenvalue weighted by Crippen LogP contribution is -2.40. The number of hydrogen-bond acceptors (Lipinski definition) is 8. The molecule has 0 saturated carbocycles. The first-order valence-corrected chi connectivity index (χ1v) is 10.3. The summed E-state index contributed by atoms with van der Waals surface area (Å²) >= 11 is 1.56. The number of ether oxygens (including phenoxy) is 1. The molecule has 1 saturated heterocycles. The average Bonchev–Trinajstić information content (AvgIpc) is 3.14. The molecule has 0 radical (unpaired) electrons. The van der Waals surface area contributed by atoms with Gasteiger partial charge in [0.15, 0.2) is 5.78 Å². The highest BCUT2D eigenvalue weighted by atomic mass is 32.1. The van der Waals surface area contributed by atoms with Gasteiger partial charge < -0.3 is 4.74 Å². The lowest BCUT2D eigenvalue weighted by atomic mass is 10.1. The summed E-state index contributed by atoms with van der Waals surface area (Å²) < 4.78 is 5.39. The van der Waals surface area contributed by atoms with Crippen molar-refractivity contribution >= 4 is 28.0 Å². The molecule has 8 heteroatoms. The van der Waals surface area contributed by atoms with Crippen LogP contribution in [0.4, 0.5) is 0 Å². The number of ketones is 1. The van der Waals surface area contributed by atoms with Crippen LogP contribution >= 0.6 is 11.3 Å². The number of carbonyl (C=O) groups is 1. The zero-order valence-electron chi connectivity index (χ0n) is 16.1. The standard InChI is InChI=1S/C20H23N5O2S/c1-13-21-24-20(28-13)14-3-4-19-15(9-14)10-16(22-23-19)11-17(26)12-25-7-5-18(27-2)6-8-25/h3-4,9-10,18H,5-8,11-12H2,1-2H3. The molecule has 1 aliphatic rings. The van der Waals surface area contributed by atoms with Crippen molar-refractivity contribution in [2.75, 3.05) is 26.7 Å². The highest BCUT2D eigenvalue weighted by Crippen LogP contribution is 2.26. The summed E-state index contributed by atoms with van der Waals surface area (Å²) in [6.07, 6.45) is 2.58. The summed E-state index contributed by atoms with van der Waals surface area (Å²) in [6, 6.07) is 7.90. The van der Waals surface area contributed by atoms with Crippen LogP contribution in [0.15, 0.2) is 24.3 Å². The molecule has 146 valence electrons. The molecule has 0 unspecified atom stereocenters. The number of fused-ring (bicyclic) bond motifs is 1. The van der Waals surface area contributed by atoms with Crippen molar-refractivity contribution in [3.63, 3.8) is 0 Å². The largest absolute Gasteiger partial charge is 0.381 e. The van der Waals surface area contributed by atoms with Crippen LogP contribution in [0, 0.1) is 6.92 Å². The Kier molecular flexibility index (Phi) is 5.70. The monoisotopic (exact) mass is 397 g/mol. The second-order valence-electron chi connectivity index (χ2n) is 7.16. The number of carbonyl (C=O) groups excluding carboxylic acids is 1. The molecular formula is C20H23N5O2S. The first kappa shape index (κ1) is 19.0. The number of benzene rings is 1. The van der Waals surface area contributed by atoms with Crippen LogP contribution in [-0.2, 0) is 16.0 Å². The fourth-order valence-electron chi connectivity index (χ4n) is 3.53. The number of aromatic nitrogens is 4. The lowest BCUT2D eigenvalue weighted by molar-refractivity contribution is -0.120. The highest BCUT2D eigenvalue weighted by Gasteiger charge is 2.20. The van der Waals surface area contributed by atoms with Gasteiger partial charge in [-0.1, -0.05) is 11.3 Å². The van der Waals surface area contributed by atoms with Gasteiger partial charge in [-0.05, 0) is 44.0 Å². The van der Waals surface area contributed by atoms with Crippen molar-refractivity contribution in [2.45, 2.75) is 32.3 Å². The number of piperidine rings is 1. The minimum atomic E-state index is 0.167. The third-order valence-electron chi connectivity index (χ3n) is 5.05. The van der Waals surface area contributed by atoms with Crippen LogP contribution in [-0.4, -0.2) is 63.9 Å². The van der Waals surface area contributed by atoms with E-state index in [9.17, 15) is 4.79 Å². The number of methoxy groups -OCH3 is 1. The van der Waals surface area contributed by atoms with Crippen molar-refractivity contribution in [2.24, 2.45) is 0 Å². The van der Waals surface area contributed by atoms with Gasteiger partial charge in [-0.15, -0.1) is 10.2 Å². The maximum Gasteiger partial charge on any atom is 0.152 e. The second-order valence-corrected chi connectivity index (χ2v) is 8.34. The maximum absolute atomic E-state index is 12.5. The minimum Gasteiger partial charge on any atom is -0.381 e. The third-order valence-corrected chi connectivity index (χ3v) is 5.94. The molecule has 1 aromatic carbocycles. The first-order chi connectivity index (χ1) is 13.6. The van der Waals surface area contributed by atoms with E-state index in [0.717, 1.165) is 52.4 Å². The zero-order valence-corrected chi connectivity index (χ0v) is 16.9. The van der Waals surface area contributed by atoms with Crippen molar-refractivity contribution in [1.82, 2.24) is 25.3 Å². The summed E-state index contributed by atoms with van der Waals surface area (Å²) in [5.74, 6) is 0.167. The van der Waals surface area contributed by atoms with E-state index >= 15 is 0 Å². The van der Waals surface area contributed by atoms with Gasteiger partial charge in [0.1, 0.15) is 10.0 Å². The Morgan fingerprint density at radius 3 is 2.71 bits per heavy atom. The zero-order chi connectivity index (χ0) is 19.5. The van der Waals surface area contributed by atoms with E-state index in [1.54, 1.807) is 18.4 Å². The van der Waals surface area contributed by atoms with Gasteiger partial charge in [-0.3, -0.25) is 9.69 Å². The summed E-state index contributed by atoms with van der Waals surface area (Å²) in [5.41, 5.74) is 2.52. The van der Waals surface area contributed by atoms with E-state index in [1.165, 1.54) is 0 Å². The Balaban J connectivity index is 1.44. The fourth-order valence-corrected chi connectivity index (χ4v) is 4.22. The van der Waals surface area contributed by atoms with E-state index in [0.29, 0.717) is 24.8 Å². The topological polar surface area (TPSA) is 81.1 Å². The number of rotatable bonds is 6. The summed E-state index contributed by atoms with van der Waals surface area (Å²) in [7, 11) is 1.75. The van der Waals surface area contributed by atoms with Gasteiger partial charge in [-0.25, -0.2) is 0 Å². The van der Waals surface area contributed by atoms with Crippen LogP contribution in [0.2, 0.25) is 0 Å². The average molecular weight is 398 g/mol. The normalized spacial score (nSPS) is 15.9. The molecule has 28 heavy (non-hydrogen) atoms. The van der Waals surface area contributed by atoms with Crippen LogP contribution in [0.1, 0.15) is 23.5 Å². The smallest absolute Gasteiger partial charge is 0.152 e. The van der Waals surface area contributed by atoms with Gasteiger partial charge in [0.05, 0.1) is 30.3 Å². The molecular weight excluding hydrogens is 374 g/mol. The Bertz CT molecular complexity index is 982. The minimum absolute atomic E-state index is 0.167. The Morgan fingerprint density at radius 1 is 1.18 bits per heavy atom. The second kappa shape index (κ2) is 8.38. The Labute approximate surface area is 167 Å². The molecule has 1 aliphatic heterocycles. The molecule has 7 nitrogen and oxygen atoms in total. The number of nitrogens with zero attached hydrogens (tertiary/aromatic N) is 5. The number of aryl methyl sites for hydroxylation is 1. The van der Waals surface area contributed by atoms with E-state index in [-0.39, 0.29) is 5.78 Å². The molecule has 1 fully saturated rings. The van der Waals surface area contributed by atoms with E-state index in [4.69, 9.17) is 4.74 Å². The molecule has 0 atom stereocenters. The molecule has 3 aromatic rings. The predicted octanol–water partition coefficient (Wildman–Crippen LogP) is 2.68. The van der Waals surface area contributed by atoms with Gasteiger partial charge >= 0.3 is 0 Å². The number of likely N-dealkylation sites (tertiary alicyclic amines) is 1. The molecule has 2 aromatic heterocycles. The molecule has 0 N–H and O–H groups in total. The fraction of sp³-hybridized carbons (Fsp3) is 0.450. The molecule has 0 aliphatic carbocycles. The van der Waals surface area contributed by atoms with Gasteiger partial charge in [0.25, 0.3) is 0 Å². The van der Waals surface area contributed by atoms with E-state index in [2.05, 4.69) is 25.3 Å². The lowest BCUT2D eigenvalue weighted by Gasteiger charge is -2.30. The Morgan fingerprint density at radius 2 is 2.00 bits per heavy atom. The molecule has 3 heterocycles.